The lowest BCUT2D eigenvalue weighted by atomic mass is 9.94. The van der Waals surface area contributed by atoms with Gasteiger partial charge >= 0.3 is 0 Å². The van der Waals surface area contributed by atoms with Crippen LogP contribution in [0.4, 0.5) is 10.1 Å². The molecule has 0 atom stereocenters. The fourth-order valence-electron chi connectivity index (χ4n) is 2.68. The molecule has 20 heavy (non-hydrogen) atoms. The number of rotatable bonds is 4. The van der Waals surface area contributed by atoms with Gasteiger partial charge in [0.15, 0.2) is 0 Å². The predicted octanol–water partition coefficient (Wildman–Crippen LogP) is 2.91. The molecule has 3 nitrogen and oxygen atoms in total. The topological polar surface area (TPSA) is 23.6 Å². The summed E-state index contributed by atoms with van der Waals surface area (Å²) in [5.74, 6) is 0.513. The zero-order valence-electron chi connectivity index (χ0n) is 12.3. The standard InChI is InChI=1S/C16H23FN2O/c1-3-13-7-9-19(10-8-13)12-16(20)18(2)15-6-4-5-14(17)11-15/h4-6,11,13H,3,7-10,12H2,1-2H3. The molecule has 4 heteroatoms. The van der Waals surface area contributed by atoms with Crippen LogP contribution < -0.4 is 4.90 Å². The zero-order valence-corrected chi connectivity index (χ0v) is 12.3. The van der Waals surface area contributed by atoms with E-state index >= 15 is 0 Å². The average molecular weight is 278 g/mol. The third-order valence-electron chi connectivity index (χ3n) is 4.21. The first-order chi connectivity index (χ1) is 9.60. The summed E-state index contributed by atoms with van der Waals surface area (Å²) >= 11 is 0. The van der Waals surface area contributed by atoms with Crippen LogP contribution in [0, 0.1) is 11.7 Å². The van der Waals surface area contributed by atoms with E-state index in [9.17, 15) is 9.18 Å². The molecule has 1 amide bonds. The maximum Gasteiger partial charge on any atom is 0.240 e. The van der Waals surface area contributed by atoms with E-state index in [-0.39, 0.29) is 11.7 Å². The van der Waals surface area contributed by atoms with Crippen molar-refractivity contribution in [3.63, 3.8) is 0 Å². The van der Waals surface area contributed by atoms with Crippen molar-refractivity contribution in [2.75, 3.05) is 31.6 Å². The summed E-state index contributed by atoms with van der Waals surface area (Å²) in [5, 5.41) is 0. The van der Waals surface area contributed by atoms with Crippen molar-refractivity contribution in [1.82, 2.24) is 4.90 Å². The van der Waals surface area contributed by atoms with Crippen LogP contribution in [0.15, 0.2) is 24.3 Å². The molecular weight excluding hydrogens is 255 g/mol. The number of halogens is 1. The van der Waals surface area contributed by atoms with E-state index in [1.54, 1.807) is 19.2 Å². The number of hydrogen-bond acceptors (Lipinski definition) is 2. The van der Waals surface area contributed by atoms with E-state index in [0.717, 1.165) is 19.0 Å². The summed E-state index contributed by atoms with van der Waals surface area (Å²) < 4.78 is 13.2. The van der Waals surface area contributed by atoms with E-state index in [0.29, 0.717) is 12.2 Å². The summed E-state index contributed by atoms with van der Waals surface area (Å²) in [6.45, 7) is 4.62. The lowest BCUT2D eigenvalue weighted by molar-refractivity contribution is -0.119. The fraction of sp³-hybridized carbons (Fsp3) is 0.562. The summed E-state index contributed by atoms with van der Waals surface area (Å²) in [6, 6.07) is 6.16. The van der Waals surface area contributed by atoms with Gasteiger partial charge in [0.2, 0.25) is 5.91 Å². The van der Waals surface area contributed by atoms with Crippen molar-refractivity contribution < 1.29 is 9.18 Å². The van der Waals surface area contributed by atoms with Gasteiger partial charge in [-0.1, -0.05) is 19.4 Å². The number of nitrogens with zero attached hydrogens (tertiary/aromatic N) is 2. The SMILES string of the molecule is CCC1CCN(CC(=O)N(C)c2cccc(F)c2)CC1. The maximum atomic E-state index is 13.2. The van der Waals surface area contributed by atoms with Crippen LogP contribution in [0.2, 0.25) is 0 Å². The largest absolute Gasteiger partial charge is 0.314 e. The number of likely N-dealkylation sites (tertiary alicyclic amines) is 1. The lowest BCUT2D eigenvalue weighted by Crippen LogP contribution is -2.42. The Bertz CT molecular complexity index is 456. The van der Waals surface area contributed by atoms with Crippen molar-refractivity contribution in [2.45, 2.75) is 26.2 Å². The minimum Gasteiger partial charge on any atom is -0.314 e. The number of carbonyl (C=O) groups excluding carboxylic acids is 1. The normalized spacial score (nSPS) is 17.1. The molecule has 1 fully saturated rings. The van der Waals surface area contributed by atoms with E-state index in [1.807, 2.05) is 0 Å². The Kier molecular flexibility index (Phi) is 5.12. The van der Waals surface area contributed by atoms with Crippen molar-refractivity contribution >= 4 is 11.6 Å². The van der Waals surface area contributed by atoms with Crippen molar-refractivity contribution in [2.24, 2.45) is 5.92 Å². The predicted molar refractivity (Wildman–Crippen MR) is 79.3 cm³/mol. The summed E-state index contributed by atoms with van der Waals surface area (Å²) in [5.41, 5.74) is 0.610. The number of carbonyl (C=O) groups is 1. The highest BCUT2D eigenvalue weighted by Gasteiger charge is 2.21. The van der Waals surface area contributed by atoms with Gasteiger partial charge in [-0.2, -0.15) is 0 Å². The number of likely N-dealkylation sites (N-methyl/N-ethyl adjacent to an activating group) is 1. The second-order valence-electron chi connectivity index (χ2n) is 5.56. The molecule has 110 valence electrons. The highest BCUT2D eigenvalue weighted by atomic mass is 19.1. The fourth-order valence-corrected chi connectivity index (χ4v) is 2.68. The molecule has 0 saturated carbocycles. The van der Waals surface area contributed by atoms with Gasteiger partial charge in [0, 0.05) is 12.7 Å². The second-order valence-corrected chi connectivity index (χ2v) is 5.56. The molecule has 0 bridgehead atoms. The number of piperidine rings is 1. The van der Waals surface area contributed by atoms with Crippen LogP contribution in [-0.4, -0.2) is 37.5 Å². The Morgan fingerprint density at radius 1 is 1.40 bits per heavy atom. The molecule has 1 saturated heterocycles. The third kappa shape index (κ3) is 3.79. The van der Waals surface area contributed by atoms with Crippen LogP contribution in [0.3, 0.4) is 0 Å². The Balaban J connectivity index is 1.89. The van der Waals surface area contributed by atoms with Crippen LogP contribution in [-0.2, 0) is 4.79 Å². The van der Waals surface area contributed by atoms with Crippen LogP contribution in [0.5, 0.6) is 0 Å². The molecule has 1 aliphatic heterocycles. The molecule has 0 N–H and O–H groups in total. The minimum atomic E-state index is -0.314. The molecule has 0 radical (unpaired) electrons. The van der Waals surface area contributed by atoms with Gasteiger partial charge < -0.3 is 4.90 Å². The van der Waals surface area contributed by atoms with Gasteiger partial charge in [0.25, 0.3) is 0 Å². The highest BCUT2D eigenvalue weighted by molar-refractivity contribution is 5.94. The van der Waals surface area contributed by atoms with Gasteiger partial charge in [-0.05, 0) is 50.0 Å². The molecule has 1 aromatic rings. The highest BCUT2D eigenvalue weighted by Crippen LogP contribution is 2.20. The van der Waals surface area contributed by atoms with Gasteiger partial charge in [-0.25, -0.2) is 4.39 Å². The molecule has 1 aromatic carbocycles. The molecule has 0 unspecified atom stereocenters. The van der Waals surface area contributed by atoms with E-state index in [4.69, 9.17) is 0 Å². The lowest BCUT2D eigenvalue weighted by Gasteiger charge is -2.32. The number of benzene rings is 1. The molecule has 0 aromatic heterocycles. The van der Waals surface area contributed by atoms with E-state index < -0.39 is 0 Å². The van der Waals surface area contributed by atoms with Gasteiger partial charge in [-0.3, -0.25) is 9.69 Å². The number of anilines is 1. The minimum absolute atomic E-state index is 0.0190. The molecule has 2 rings (SSSR count). The molecule has 0 spiro atoms. The van der Waals surface area contributed by atoms with E-state index in [2.05, 4.69) is 11.8 Å². The van der Waals surface area contributed by atoms with Crippen LogP contribution in [0.1, 0.15) is 26.2 Å². The monoisotopic (exact) mass is 278 g/mol. The van der Waals surface area contributed by atoms with Gasteiger partial charge in [0.05, 0.1) is 6.54 Å². The van der Waals surface area contributed by atoms with Crippen LogP contribution >= 0.6 is 0 Å². The van der Waals surface area contributed by atoms with Crippen molar-refractivity contribution in [3.05, 3.63) is 30.1 Å². The zero-order chi connectivity index (χ0) is 14.5. The van der Waals surface area contributed by atoms with Gasteiger partial charge in [-0.15, -0.1) is 0 Å². The Morgan fingerprint density at radius 3 is 2.70 bits per heavy atom. The second kappa shape index (κ2) is 6.84. The third-order valence-corrected chi connectivity index (χ3v) is 4.21. The average Bonchev–Trinajstić information content (AvgIpc) is 2.47. The molecular formula is C16H23FN2O. The Morgan fingerprint density at radius 2 is 2.10 bits per heavy atom. The molecule has 1 aliphatic rings. The maximum absolute atomic E-state index is 13.2. The summed E-state index contributed by atoms with van der Waals surface area (Å²) in [7, 11) is 1.70. The first kappa shape index (κ1) is 15.0. The smallest absolute Gasteiger partial charge is 0.240 e. The van der Waals surface area contributed by atoms with E-state index in [1.165, 1.54) is 36.3 Å². The van der Waals surface area contributed by atoms with Gasteiger partial charge in [0.1, 0.15) is 5.82 Å². The Labute approximate surface area is 120 Å². The summed E-state index contributed by atoms with van der Waals surface area (Å²) in [6.07, 6.45) is 3.58. The first-order valence-electron chi connectivity index (χ1n) is 7.34. The van der Waals surface area contributed by atoms with Crippen molar-refractivity contribution in [3.8, 4) is 0 Å². The summed E-state index contributed by atoms with van der Waals surface area (Å²) in [4.78, 5) is 16.0. The molecule has 0 aliphatic carbocycles. The number of amides is 1. The molecule has 1 heterocycles. The number of hydrogen-bond donors (Lipinski definition) is 0. The van der Waals surface area contributed by atoms with Crippen LogP contribution in [0.25, 0.3) is 0 Å². The first-order valence-corrected chi connectivity index (χ1v) is 7.34. The van der Waals surface area contributed by atoms with Crippen molar-refractivity contribution in [1.29, 1.82) is 0 Å². The Hall–Kier alpha value is -1.42. The quantitative estimate of drug-likeness (QED) is 0.845.